The van der Waals surface area contributed by atoms with Crippen LogP contribution in [-0.2, 0) is 13.5 Å². The van der Waals surface area contributed by atoms with Gasteiger partial charge in [-0.25, -0.2) is 4.79 Å². The number of carbonyl (C=O) groups is 1. The van der Waals surface area contributed by atoms with Gasteiger partial charge in [0, 0.05) is 18.8 Å². The molecule has 66 valence electrons. The number of nitrogens with zero attached hydrogens (tertiary/aromatic N) is 2. The van der Waals surface area contributed by atoms with Crippen LogP contribution >= 0.6 is 0 Å². The van der Waals surface area contributed by atoms with Crippen molar-refractivity contribution in [3.05, 3.63) is 17.5 Å². The zero-order valence-corrected chi connectivity index (χ0v) is 6.82. The van der Waals surface area contributed by atoms with Gasteiger partial charge in [-0.2, -0.15) is 5.10 Å². The highest BCUT2D eigenvalue weighted by Crippen LogP contribution is 2.05. The maximum Gasteiger partial charge on any atom is 0.356 e. The molecule has 0 atom stereocenters. The average molecular weight is 169 g/mol. The topological polar surface area (TPSA) is 81.1 Å². The number of nitrogens with two attached hydrogens (primary N) is 1. The van der Waals surface area contributed by atoms with Gasteiger partial charge in [0.1, 0.15) is 0 Å². The molecule has 0 aromatic carbocycles. The summed E-state index contributed by atoms with van der Waals surface area (Å²) in [5, 5.41) is 12.5. The van der Waals surface area contributed by atoms with E-state index < -0.39 is 5.97 Å². The molecule has 0 aliphatic carbocycles. The van der Waals surface area contributed by atoms with Gasteiger partial charge in [0.15, 0.2) is 5.69 Å². The van der Waals surface area contributed by atoms with Crippen molar-refractivity contribution in [3.63, 3.8) is 0 Å². The standard InChI is InChI=1S/C7H11N3O2/c1-10-4-5(2-3-8)6(9-10)7(11)12/h4H,2-3,8H2,1H3,(H,11,12). The van der Waals surface area contributed by atoms with Crippen LogP contribution in [0.25, 0.3) is 0 Å². The van der Waals surface area contributed by atoms with Crippen LogP contribution in [0.2, 0.25) is 0 Å². The summed E-state index contributed by atoms with van der Waals surface area (Å²) in [6.45, 7) is 0.436. The summed E-state index contributed by atoms with van der Waals surface area (Å²) >= 11 is 0. The first kappa shape index (κ1) is 8.73. The Balaban J connectivity index is 2.99. The molecular weight excluding hydrogens is 158 g/mol. The van der Waals surface area contributed by atoms with Crippen LogP contribution < -0.4 is 5.73 Å². The largest absolute Gasteiger partial charge is 0.476 e. The average Bonchev–Trinajstić information content (AvgIpc) is 2.32. The fourth-order valence-corrected chi connectivity index (χ4v) is 1.06. The lowest BCUT2D eigenvalue weighted by atomic mass is 10.2. The molecule has 0 unspecified atom stereocenters. The molecule has 0 radical (unpaired) electrons. The molecule has 0 saturated heterocycles. The SMILES string of the molecule is Cn1cc(CCN)c(C(=O)O)n1. The Bertz CT molecular complexity index is 293. The van der Waals surface area contributed by atoms with Gasteiger partial charge in [0.25, 0.3) is 0 Å². The van der Waals surface area contributed by atoms with Crippen molar-refractivity contribution in [1.82, 2.24) is 9.78 Å². The summed E-state index contributed by atoms with van der Waals surface area (Å²) in [6, 6.07) is 0. The van der Waals surface area contributed by atoms with Crippen LogP contribution in [0.4, 0.5) is 0 Å². The first-order valence-corrected chi connectivity index (χ1v) is 3.61. The molecule has 1 aromatic heterocycles. The lowest BCUT2D eigenvalue weighted by molar-refractivity contribution is 0.0688. The van der Waals surface area contributed by atoms with Crippen LogP contribution in [0.3, 0.4) is 0 Å². The minimum atomic E-state index is -1.00. The highest BCUT2D eigenvalue weighted by molar-refractivity contribution is 5.86. The number of aromatic carboxylic acids is 1. The fourth-order valence-electron chi connectivity index (χ4n) is 1.06. The molecule has 0 bridgehead atoms. The minimum absolute atomic E-state index is 0.1000. The number of aryl methyl sites for hydroxylation is 1. The molecule has 12 heavy (non-hydrogen) atoms. The third-order valence-corrected chi connectivity index (χ3v) is 1.52. The summed E-state index contributed by atoms with van der Waals surface area (Å²) < 4.78 is 1.48. The van der Waals surface area contributed by atoms with Crippen LogP contribution in [0.5, 0.6) is 0 Å². The van der Waals surface area contributed by atoms with Gasteiger partial charge in [0.05, 0.1) is 0 Å². The van der Waals surface area contributed by atoms with Gasteiger partial charge in [0.2, 0.25) is 0 Å². The van der Waals surface area contributed by atoms with Crippen LogP contribution in [0.15, 0.2) is 6.20 Å². The first-order valence-electron chi connectivity index (χ1n) is 3.61. The molecule has 0 amide bonds. The Hall–Kier alpha value is -1.36. The quantitative estimate of drug-likeness (QED) is 0.646. The minimum Gasteiger partial charge on any atom is -0.476 e. The van der Waals surface area contributed by atoms with Crippen LogP contribution in [0, 0.1) is 0 Å². The second-order valence-electron chi connectivity index (χ2n) is 2.52. The van der Waals surface area contributed by atoms with Crippen molar-refractivity contribution in [1.29, 1.82) is 0 Å². The number of aromatic nitrogens is 2. The van der Waals surface area contributed by atoms with E-state index in [-0.39, 0.29) is 5.69 Å². The molecule has 5 heteroatoms. The Morgan fingerprint density at radius 3 is 3.00 bits per heavy atom. The summed E-state index contributed by atoms with van der Waals surface area (Å²) in [6.07, 6.45) is 2.23. The Morgan fingerprint density at radius 2 is 2.50 bits per heavy atom. The predicted molar refractivity (Wildman–Crippen MR) is 42.9 cm³/mol. The van der Waals surface area contributed by atoms with E-state index in [1.165, 1.54) is 4.68 Å². The molecule has 0 spiro atoms. The van der Waals surface area contributed by atoms with Gasteiger partial charge >= 0.3 is 5.97 Å². The smallest absolute Gasteiger partial charge is 0.356 e. The molecule has 0 saturated carbocycles. The second-order valence-corrected chi connectivity index (χ2v) is 2.52. The lowest BCUT2D eigenvalue weighted by Gasteiger charge is -1.92. The van der Waals surface area contributed by atoms with E-state index >= 15 is 0 Å². The van der Waals surface area contributed by atoms with Crippen molar-refractivity contribution in [2.75, 3.05) is 6.54 Å². The van der Waals surface area contributed by atoms with Crippen molar-refractivity contribution in [2.45, 2.75) is 6.42 Å². The molecule has 0 fully saturated rings. The van der Waals surface area contributed by atoms with E-state index in [0.717, 1.165) is 0 Å². The molecule has 1 heterocycles. The van der Waals surface area contributed by atoms with E-state index in [4.69, 9.17) is 10.8 Å². The number of carboxylic acid groups (broad SMARTS) is 1. The molecule has 1 rings (SSSR count). The van der Waals surface area contributed by atoms with Crippen molar-refractivity contribution >= 4 is 5.97 Å². The molecule has 1 aromatic rings. The predicted octanol–water partition coefficient (Wildman–Crippen LogP) is -0.381. The van der Waals surface area contributed by atoms with E-state index in [0.29, 0.717) is 18.5 Å². The molecule has 0 aliphatic heterocycles. The molecule has 0 aliphatic rings. The van der Waals surface area contributed by atoms with Gasteiger partial charge in [-0.15, -0.1) is 0 Å². The van der Waals surface area contributed by atoms with Crippen molar-refractivity contribution in [3.8, 4) is 0 Å². The Morgan fingerprint density at radius 1 is 1.83 bits per heavy atom. The maximum atomic E-state index is 10.6. The number of rotatable bonds is 3. The van der Waals surface area contributed by atoms with E-state index in [2.05, 4.69) is 5.10 Å². The zero-order chi connectivity index (χ0) is 9.14. The molecule has 5 nitrogen and oxygen atoms in total. The lowest BCUT2D eigenvalue weighted by Crippen LogP contribution is -2.07. The Labute approximate surface area is 69.8 Å². The van der Waals surface area contributed by atoms with Crippen molar-refractivity contribution in [2.24, 2.45) is 12.8 Å². The van der Waals surface area contributed by atoms with Gasteiger partial charge in [-0.1, -0.05) is 0 Å². The zero-order valence-electron chi connectivity index (χ0n) is 6.82. The normalized spacial score (nSPS) is 10.2. The van der Waals surface area contributed by atoms with Gasteiger partial charge < -0.3 is 10.8 Å². The summed E-state index contributed by atoms with van der Waals surface area (Å²) in [5.41, 5.74) is 6.10. The van der Waals surface area contributed by atoms with E-state index in [9.17, 15) is 4.79 Å². The molecule has 3 N–H and O–H groups in total. The van der Waals surface area contributed by atoms with Crippen LogP contribution in [-0.4, -0.2) is 27.4 Å². The third kappa shape index (κ3) is 1.62. The summed E-state index contributed by atoms with van der Waals surface area (Å²) in [5.74, 6) is -1.00. The van der Waals surface area contributed by atoms with Gasteiger partial charge in [-0.3, -0.25) is 4.68 Å². The number of hydrogen-bond donors (Lipinski definition) is 2. The third-order valence-electron chi connectivity index (χ3n) is 1.52. The summed E-state index contributed by atoms with van der Waals surface area (Å²) in [4.78, 5) is 10.6. The fraction of sp³-hybridized carbons (Fsp3) is 0.429. The van der Waals surface area contributed by atoms with E-state index in [1.807, 2.05) is 0 Å². The van der Waals surface area contributed by atoms with Gasteiger partial charge in [-0.05, 0) is 13.0 Å². The second kappa shape index (κ2) is 3.36. The Kier molecular flexibility index (Phi) is 2.44. The highest BCUT2D eigenvalue weighted by Gasteiger charge is 2.13. The number of hydrogen-bond acceptors (Lipinski definition) is 3. The first-order chi connectivity index (χ1) is 5.65. The highest BCUT2D eigenvalue weighted by atomic mass is 16.4. The summed E-state index contributed by atoms with van der Waals surface area (Å²) in [7, 11) is 1.69. The monoisotopic (exact) mass is 169 g/mol. The van der Waals surface area contributed by atoms with Crippen molar-refractivity contribution < 1.29 is 9.90 Å². The van der Waals surface area contributed by atoms with E-state index in [1.54, 1.807) is 13.2 Å². The maximum absolute atomic E-state index is 10.6. The molecular formula is C7H11N3O2. The van der Waals surface area contributed by atoms with Crippen LogP contribution in [0.1, 0.15) is 16.1 Å². The number of carboxylic acids is 1.